The first kappa shape index (κ1) is 27.6. The van der Waals surface area contributed by atoms with E-state index in [-0.39, 0.29) is 74.4 Å². The molecule has 1 N–H and O–H groups in total. The van der Waals surface area contributed by atoms with Gasteiger partial charge in [-0.3, -0.25) is 19.2 Å². The van der Waals surface area contributed by atoms with Gasteiger partial charge in [0.15, 0.2) is 5.78 Å². The number of Topliss-reactive ketones (excluding diaryl/α,β-unsaturated/α-hetero) is 2. The maximum atomic E-state index is 14.4. The van der Waals surface area contributed by atoms with Crippen molar-refractivity contribution in [2.45, 2.75) is 93.4 Å². The molecule has 0 aromatic rings. The Balaban J connectivity index is 1.59. The van der Waals surface area contributed by atoms with Crippen molar-refractivity contribution in [2.75, 3.05) is 7.11 Å². The number of ketones is 2. The molecule has 1 amide bonds. The number of fused-ring (bicyclic) bond motifs is 7. The van der Waals surface area contributed by atoms with Gasteiger partial charge in [0.1, 0.15) is 11.9 Å². The molecular weight excluding hydrogens is 476 g/mol. The van der Waals surface area contributed by atoms with Gasteiger partial charge in [0.25, 0.3) is 0 Å². The number of carbonyl (C=O) groups is 3. The molecule has 0 aromatic heterocycles. The molecule has 0 aliphatic heterocycles. The van der Waals surface area contributed by atoms with E-state index in [1.807, 2.05) is 19.9 Å². The van der Waals surface area contributed by atoms with Gasteiger partial charge in [0.05, 0.1) is 12.7 Å². The van der Waals surface area contributed by atoms with Crippen molar-refractivity contribution in [3.8, 4) is 6.07 Å². The standard InChI is InChI=1S/C32H46N2O4/c1-28(2)15-20-19(21(16-28)27(37)34-38-8)9-11-32(7)25(20)22(35)13-24-30(5)14-18(17-33)26(36)29(3,4)23(30)10-12-31(24,32)6/h14,19-21,23-25H,9-13,15-16H2,1-8H3,(H,34,37)/t19?,20?,21-,23+,24-,25?,30+,31-,32-/m1/s1. The summed E-state index contributed by atoms with van der Waals surface area (Å²) in [5, 5.41) is 9.89. The van der Waals surface area contributed by atoms with E-state index < -0.39 is 5.41 Å². The van der Waals surface area contributed by atoms with E-state index in [9.17, 15) is 19.6 Å². The van der Waals surface area contributed by atoms with Crippen LogP contribution in [0.2, 0.25) is 0 Å². The van der Waals surface area contributed by atoms with Crippen molar-refractivity contribution < 1.29 is 19.2 Å². The van der Waals surface area contributed by atoms with E-state index in [0.29, 0.717) is 12.2 Å². The number of hydroxylamine groups is 1. The first-order chi connectivity index (χ1) is 17.6. The van der Waals surface area contributed by atoms with Gasteiger partial charge in [-0.15, -0.1) is 0 Å². The summed E-state index contributed by atoms with van der Waals surface area (Å²) in [6.45, 7) is 15.5. The summed E-state index contributed by atoms with van der Waals surface area (Å²) in [5.74, 6) is 0.557. The van der Waals surface area contributed by atoms with E-state index in [2.05, 4.69) is 46.2 Å². The fraction of sp³-hybridized carbons (Fsp3) is 0.812. The van der Waals surface area contributed by atoms with Gasteiger partial charge in [0.2, 0.25) is 5.91 Å². The summed E-state index contributed by atoms with van der Waals surface area (Å²) in [6, 6.07) is 2.20. The minimum atomic E-state index is -0.621. The number of nitrogens with zero attached hydrogens (tertiary/aromatic N) is 1. The fourth-order valence-corrected chi connectivity index (χ4v) is 11.1. The molecule has 4 saturated carbocycles. The summed E-state index contributed by atoms with van der Waals surface area (Å²) in [4.78, 5) is 45.8. The average Bonchev–Trinajstić information content (AvgIpc) is 2.82. The highest BCUT2D eigenvalue weighted by atomic mass is 16.6. The van der Waals surface area contributed by atoms with Gasteiger partial charge >= 0.3 is 0 Å². The molecule has 0 aromatic carbocycles. The van der Waals surface area contributed by atoms with Crippen molar-refractivity contribution in [3.63, 3.8) is 0 Å². The third-order valence-corrected chi connectivity index (χ3v) is 12.8. The zero-order valence-electron chi connectivity index (χ0n) is 24.6. The van der Waals surface area contributed by atoms with E-state index in [4.69, 9.17) is 4.84 Å². The first-order valence-corrected chi connectivity index (χ1v) is 14.6. The third kappa shape index (κ3) is 3.49. The van der Waals surface area contributed by atoms with Crippen molar-refractivity contribution in [2.24, 2.45) is 62.6 Å². The van der Waals surface area contributed by atoms with Crippen LogP contribution in [-0.2, 0) is 19.2 Å². The fourth-order valence-electron chi connectivity index (χ4n) is 11.1. The smallest absolute Gasteiger partial charge is 0.246 e. The highest BCUT2D eigenvalue weighted by Gasteiger charge is 2.71. The molecule has 0 heterocycles. The van der Waals surface area contributed by atoms with Crippen LogP contribution in [0.5, 0.6) is 0 Å². The lowest BCUT2D eigenvalue weighted by Gasteiger charge is -2.71. The van der Waals surface area contributed by atoms with E-state index in [0.717, 1.165) is 38.5 Å². The Kier molecular flexibility index (Phi) is 6.16. The third-order valence-electron chi connectivity index (χ3n) is 12.8. The van der Waals surface area contributed by atoms with Crippen LogP contribution in [0, 0.1) is 73.9 Å². The van der Waals surface area contributed by atoms with Crippen LogP contribution in [0.1, 0.15) is 93.4 Å². The van der Waals surface area contributed by atoms with Crippen molar-refractivity contribution in [3.05, 3.63) is 11.6 Å². The largest absolute Gasteiger partial charge is 0.299 e. The molecule has 5 aliphatic carbocycles. The molecule has 4 fully saturated rings. The Labute approximate surface area is 228 Å². The molecule has 208 valence electrons. The molecule has 6 nitrogen and oxygen atoms in total. The molecule has 9 atom stereocenters. The number of allylic oxidation sites excluding steroid dienone is 2. The molecule has 5 aliphatic rings. The number of nitriles is 1. The maximum absolute atomic E-state index is 14.4. The molecule has 5 rings (SSSR count). The lowest BCUT2D eigenvalue weighted by Crippen LogP contribution is -2.68. The molecular formula is C32H46N2O4. The second kappa shape index (κ2) is 8.50. The van der Waals surface area contributed by atoms with Crippen molar-refractivity contribution >= 4 is 17.5 Å². The number of nitrogens with one attached hydrogen (secondary N) is 1. The average molecular weight is 523 g/mol. The van der Waals surface area contributed by atoms with Gasteiger partial charge in [-0.1, -0.05) is 54.5 Å². The van der Waals surface area contributed by atoms with E-state index in [1.165, 1.54) is 7.11 Å². The Bertz CT molecular complexity index is 1150. The predicted octanol–water partition coefficient (Wildman–Crippen LogP) is 5.82. The van der Waals surface area contributed by atoms with Crippen LogP contribution in [0.3, 0.4) is 0 Å². The minimum absolute atomic E-state index is 0.0327. The van der Waals surface area contributed by atoms with Gasteiger partial charge in [-0.25, -0.2) is 5.48 Å². The van der Waals surface area contributed by atoms with Gasteiger partial charge < -0.3 is 0 Å². The SMILES string of the molecule is CONC(=O)[C@@H]1CC(C)(C)CC2C1CC[C@]1(C)C2C(=O)C[C@@H]2[C@@]3(C)C=C(C#N)C(=O)C(C)(C)[C@@H]3CC[C@]21C. The number of amides is 1. The lowest BCUT2D eigenvalue weighted by atomic mass is 9.32. The van der Waals surface area contributed by atoms with Crippen LogP contribution in [0.25, 0.3) is 0 Å². The zero-order chi connectivity index (χ0) is 28.1. The Morgan fingerprint density at radius 2 is 1.63 bits per heavy atom. The Morgan fingerprint density at radius 1 is 0.974 bits per heavy atom. The second-order valence-corrected chi connectivity index (χ2v) is 15.4. The molecule has 0 saturated heterocycles. The monoisotopic (exact) mass is 522 g/mol. The molecule has 6 heteroatoms. The number of rotatable bonds is 2. The molecule has 0 radical (unpaired) electrons. The van der Waals surface area contributed by atoms with Crippen LogP contribution < -0.4 is 5.48 Å². The molecule has 38 heavy (non-hydrogen) atoms. The highest BCUT2D eigenvalue weighted by Crippen LogP contribution is 2.74. The quantitative estimate of drug-likeness (QED) is 0.461. The van der Waals surface area contributed by atoms with Crippen molar-refractivity contribution in [1.29, 1.82) is 5.26 Å². The van der Waals surface area contributed by atoms with Gasteiger partial charge in [-0.05, 0) is 83.9 Å². The maximum Gasteiger partial charge on any atom is 0.246 e. The number of carbonyl (C=O) groups excluding carboxylic acids is 3. The Hall–Kier alpha value is -2.00. The first-order valence-electron chi connectivity index (χ1n) is 14.6. The van der Waals surface area contributed by atoms with E-state index >= 15 is 0 Å². The normalized spacial score (nSPS) is 46.9. The van der Waals surface area contributed by atoms with Crippen LogP contribution in [0.15, 0.2) is 11.6 Å². The molecule has 3 unspecified atom stereocenters. The minimum Gasteiger partial charge on any atom is -0.299 e. The van der Waals surface area contributed by atoms with E-state index in [1.54, 1.807) is 0 Å². The van der Waals surface area contributed by atoms with Crippen molar-refractivity contribution in [1.82, 2.24) is 5.48 Å². The van der Waals surface area contributed by atoms with Gasteiger partial charge in [0, 0.05) is 23.7 Å². The second-order valence-electron chi connectivity index (χ2n) is 15.4. The van der Waals surface area contributed by atoms with Crippen LogP contribution in [0.4, 0.5) is 0 Å². The summed E-state index contributed by atoms with van der Waals surface area (Å²) >= 11 is 0. The molecule has 0 spiro atoms. The summed E-state index contributed by atoms with van der Waals surface area (Å²) in [7, 11) is 1.48. The number of hydrogen-bond donors (Lipinski definition) is 1. The van der Waals surface area contributed by atoms with Gasteiger partial charge in [-0.2, -0.15) is 5.26 Å². The molecule has 0 bridgehead atoms. The predicted molar refractivity (Wildman–Crippen MR) is 144 cm³/mol. The highest BCUT2D eigenvalue weighted by molar-refractivity contribution is 6.04. The summed E-state index contributed by atoms with van der Waals surface area (Å²) in [6.07, 6.45) is 7.99. The topological polar surface area (TPSA) is 96.3 Å². The van der Waals surface area contributed by atoms with Crippen LogP contribution in [-0.4, -0.2) is 24.6 Å². The number of hydrogen-bond acceptors (Lipinski definition) is 5. The summed E-state index contributed by atoms with van der Waals surface area (Å²) in [5.41, 5.74) is 1.54. The summed E-state index contributed by atoms with van der Waals surface area (Å²) < 4.78 is 0. The van der Waals surface area contributed by atoms with Crippen LogP contribution >= 0.6 is 0 Å². The Morgan fingerprint density at radius 3 is 2.26 bits per heavy atom. The zero-order valence-corrected chi connectivity index (χ0v) is 24.6. The lowest BCUT2D eigenvalue weighted by molar-refractivity contribution is -0.214.